The van der Waals surface area contributed by atoms with Crippen LogP contribution in [-0.2, 0) is 16.1 Å². The zero-order chi connectivity index (χ0) is 17.2. The van der Waals surface area contributed by atoms with E-state index in [2.05, 4.69) is 64.1 Å². The summed E-state index contributed by atoms with van der Waals surface area (Å²) in [5.74, 6) is -0.125. The Labute approximate surface area is 147 Å². The molecule has 1 atom stereocenters. The second-order valence-corrected chi connectivity index (χ2v) is 6.52. The van der Waals surface area contributed by atoms with E-state index in [9.17, 15) is 4.79 Å². The number of likely N-dealkylation sites (tertiary alicyclic amines) is 1. The highest BCUT2D eigenvalue weighted by Crippen LogP contribution is 2.28. The average molecular weight is 334 g/mol. The molecule has 1 aliphatic heterocycles. The molecule has 128 valence electrons. The van der Waals surface area contributed by atoms with E-state index in [0.29, 0.717) is 0 Å². The highest BCUT2D eigenvalue weighted by Gasteiger charge is 2.32. The normalized spacial score (nSPS) is 17.9. The molecule has 0 radical (unpaired) electrons. The van der Waals surface area contributed by atoms with E-state index in [0.717, 1.165) is 31.6 Å². The van der Waals surface area contributed by atoms with E-state index < -0.39 is 0 Å². The molecule has 2 aromatic carbocycles. The molecule has 0 bridgehead atoms. The lowest BCUT2D eigenvalue weighted by molar-refractivity contribution is -0.146. The van der Waals surface area contributed by atoms with Crippen LogP contribution in [0, 0.1) is 0 Å². The molecule has 1 aliphatic rings. The minimum Gasteiger partial charge on any atom is -0.468 e. The van der Waals surface area contributed by atoms with Crippen LogP contribution in [0.2, 0.25) is 0 Å². The second kappa shape index (κ2) is 6.73. The third-order valence-corrected chi connectivity index (χ3v) is 5.00. The number of aromatic nitrogens is 1. The van der Waals surface area contributed by atoms with E-state index in [1.165, 1.54) is 23.7 Å². The van der Waals surface area contributed by atoms with E-state index in [-0.39, 0.29) is 12.0 Å². The van der Waals surface area contributed by atoms with Crippen molar-refractivity contribution in [2.45, 2.75) is 25.4 Å². The van der Waals surface area contributed by atoms with Gasteiger partial charge in [-0.3, -0.25) is 9.69 Å². The lowest BCUT2D eigenvalue weighted by atomic mass is 10.2. The zero-order valence-electron chi connectivity index (χ0n) is 14.4. The van der Waals surface area contributed by atoms with Gasteiger partial charge >= 0.3 is 5.97 Å². The zero-order valence-corrected chi connectivity index (χ0v) is 14.4. The van der Waals surface area contributed by atoms with Gasteiger partial charge in [0, 0.05) is 23.3 Å². The Bertz CT molecular complexity index is 885. The molecule has 25 heavy (non-hydrogen) atoms. The molecule has 4 nitrogen and oxygen atoms in total. The summed E-state index contributed by atoms with van der Waals surface area (Å²) in [5, 5.41) is 1.22. The van der Waals surface area contributed by atoms with Crippen LogP contribution in [-0.4, -0.2) is 35.1 Å². The van der Waals surface area contributed by atoms with Gasteiger partial charge in [-0.05, 0) is 43.7 Å². The lowest BCUT2D eigenvalue weighted by Gasteiger charge is -2.23. The fourth-order valence-electron chi connectivity index (χ4n) is 3.84. The standard InChI is InChI=1S/C21H22N2O2/c1-25-21(24)20-12-7-13-22(20)15-18-14-16-8-5-6-11-19(16)23(18)17-9-3-2-4-10-17/h2-6,8-11,14,20H,7,12-13,15H2,1H3/t20-/m0/s1. The summed E-state index contributed by atoms with van der Waals surface area (Å²) in [6.07, 6.45) is 1.91. The molecule has 0 unspecified atom stereocenters. The number of ether oxygens (including phenoxy) is 1. The monoisotopic (exact) mass is 334 g/mol. The molecule has 0 aliphatic carbocycles. The van der Waals surface area contributed by atoms with Gasteiger partial charge in [0.1, 0.15) is 6.04 Å². The summed E-state index contributed by atoms with van der Waals surface area (Å²) in [4.78, 5) is 14.3. The number of carbonyl (C=O) groups is 1. The van der Waals surface area contributed by atoms with E-state index in [4.69, 9.17) is 4.74 Å². The predicted molar refractivity (Wildman–Crippen MR) is 98.7 cm³/mol. The van der Waals surface area contributed by atoms with Crippen LogP contribution in [0.5, 0.6) is 0 Å². The van der Waals surface area contributed by atoms with E-state index in [1.54, 1.807) is 0 Å². The third-order valence-electron chi connectivity index (χ3n) is 5.00. The number of esters is 1. The Hall–Kier alpha value is -2.59. The summed E-state index contributed by atoms with van der Waals surface area (Å²) in [7, 11) is 1.47. The first-order chi connectivity index (χ1) is 12.3. The highest BCUT2D eigenvalue weighted by molar-refractivity contribution is 5.83. The predicted octanol–water partition coefficient (Wildman–Crippen LogP) is 3.77. The molecule has 4 rings (SSSR count). The minimum atomic E-state index is -0.132. The van der Waals surface area contributed by atoms with Crippen LogP contribution < -0.4 is 0 Å². The van der Waals surface area contributed by atoms with Gasteiger partial charge in [0.2, 0.25) is 0 Å². The Balaban J connectivity index is 1.76. The first kappa shape index (κ1) is 15.9. The number of fused-ring (bicyclic) bond motifs is 1. The second-order valence-electron chi connectivity index (χ2n) is 6.52. The van der Waals surface area contributed by atoms with Gasteiger partial charge in [-0.1, -0.05) is 36.4 Å². The number of methoxy groups -OCH3 is 1. The minimum absolute atomic E-state index is 0.125. The maximum atomic E-state index is 12.1. The molecular weight excluding hydrogens is 312 g/mol. The van der Waals surface area contributed by atoms with Gasteiger partial charge in [0.15, 0.2) is 0 Å². The topological polar surface area (TPSA) is 34.5 Å². The molecule has 2 heterocycles. The van der Waals surface area contributed by atoms with Crippen molar-refractivity contribution in [2.24, 2.45) is 0 Å². The van der Waals surface area contributed by atoms with Gasteiger partial charge < -0.3 is 9.30 Å². The van der Waals surface area contributed by atoms with Crippen LogP contribution in [0.25, 0.3) is 16.6 Å². The van der Waals surface area contributed by atoms with Crippen LogP contribution in [0.1, 0.15) is 18.5 Å². The fraction of sp³-hybridized carbons (Fsp3) is 0.286. The summed E-state index contributed by atoms with van der Waals surface area (Å²) >= 11 is 0. The molecule has 4 heteroatoms. The van der Waals surface area contributed by atoms with Gasteiger partial charge in [0.25, 0.3) is 0 Å². The molecule has 0 spiro atoms. The Morgan fingerprint density at radius 1 is 1.12 bits per heavy atom. The van der Waals surface area contributed by atoms with Crippen LogP contribution in [0.4, 0.5) is 0 Å². The van der Waals surface area contributed by atoms with Crippen molar-refractivity contribution < 1.29 is 9.53 Å². The van der Waals surface area contributed by atoms with Crippen LogP contribution in [0.3, 0.4) is 0 Å². The van der Waals surface area contributed by atoms with Crippen molar-refractivity contribution in [1.82, 2.24) is 9.47 Å². The summed E-state index contributed by atoms with van der Waals surface area (Å²) < 4.78 is 7.28. The molecule has 0 saturated carbocycles. The number of nitrogens with zero attached hydrogens (tertiary/aromatic N) is 2. The van der Waals surface area contributed by atoms with Crippen molar-refractivity contribution in [3.63, 3.8) is 0 Å². The van der Waals surface area contributed by atoms with E-state index in [1.807, 2.05) is 6.07 Å². The Morgan fingerprint density at radius 2 is 1.88 bits per heavy atom. The number of para-hydroxylation sites is 2. The Kier molecular flexibility index (Phi) is 4.28. The van der Waals surface area contributed by atoms with Gasteiger partial charge in [-0.2, -0.15) is 0 Å². The smallest absolute Gasteiger partial charge is 0.323 e. The largest absolute Gasteiger partial charge is 0.468 e. The molecule has 0 N–H and O–H groups in total. The maximum Gasteiger partial charge on any atom is 0.323 e. The first-order valence-corrected chi connectivity index (χ1v) is 8.74. The number of rotatable bonds is 4. The molecular formula is C21H22N2O2. The Morgan fingerprint density at radius 3 is 2.68 bits per heavy atom. The number of carbonyl (C=O) groups excluding carboxylic acids is 1. The maximum absolute atomic E-state index is 12.1. The van der Waals surface area contributed by atoms with Crippen molar-refractivity contribution in [3.05, 3.63) is 66.4 Å². The first-order valence-electron chi connectivity index (χ1n) is 8.74. The van der Waals surface area contributed by atoms with Crippen molar-refractivity contribution in [1.29, 1.82) is 0 Å². The van der Waals surface area contributed by atoms with E-state index >= 15 is 0 Å². The summed E-state index contributed by atoms with van der Waals surface area (Å²) in [6, 6.07) is 20.9. The van der Waals surface area contributed by atoms with Gasteiger partial charge in [-0.25, -0.2) is 0 Å². The van der Waals surface area contributed by atoms with Crippen molar-refractivity contribution in [3.8, 4) is 5.69 Å². The van der Waals surface area contributed by atoms with Crippen molar-refractivity contribution in [2.75, 3.05) is 13.7 Å². The number of hydrogen-bond acceptors (Lipinski definition) is 3. The fourth-order valence-corrected chi connectivity index (χ4v) is 3.84. The molecule has 0 amide bonds. The summed E-state index contributed by atoms with van der Waals surface area (Å²) in [5.41, 5.74) is 3.54. The lowest BCUT2D eigenvalue weighted by Crippen LogP contribution is -2.36. The van der Waals surface area contributed by atoms with Gasteiger partial charge in [-0.15, -0.1) is 0 Å². The third kappa shape index (κ3) is 2.94. The van der Waals surface area contributed by atoms with Gasteiger partial charge in [0.05, 0.1) is 12.6 Å². The number of hydrogen-bond donors (Lipinski definition) is 0. The quantitative estimate of drug-likeness (QED) is 0.681. The highest BCUT2D eigenvalue weighted by atomic mass is 16.5. The average Bonchev–Trinajstić information content (AvgIpc) is 3.26. The molecule has 3 aromatic rings. The SMILES string of the molecule is COC(=O)[C@@H]1CCCN1Cc1cc2ccccc2n1-c1ccccc1. The van der Waals surface area contributed by atoms with Crippen LogP contribution in [0.15, 0.2) is 60.7 Å². The molecule has 1 fully saturated rings. The molecule has 1 saturated heterocycles. The number of benzene rings is 2. The molecule has 1 aromatic heterocycles. The van der Waals surface area contributed by atoms with Crippen LogP contribution >= 0.6 is 0 Å². The summed E-state index contributed by atoms with van der Waals surface area (Å²) in [6.45, 7) is 1.67. The van der Waals surface area contributed by atoms with Crippen molar-refractivity contribution >= 4 is 16.9 Å².